The van der Waals surface area contributed by atoms with Crippen LogP contribution in [0.5, 0.6) is 0 Å². The van der Waals surface area contributed by atoms with Crippen LogP contribution in [0.25, 0.3) is 11.0 Å². The Kier molecular flexibility index (Phi) is 5.91. The molecule has 0 spiro atoms. The minimum absolute atomic E-state index is 0.114. The third kappa shape index (κ3) is 4.21. The molecule has 2 aliphatic rings. The second-order valence-corrected chi connectivity index (χ2v) is 9.39. The first-order valence-electron chi connectivity index (χ1n) is 11.6. The highest BCUT2D eigenvalue weighted by molar-refractivity contribution is 6.33. The van der Waals surface area contributed by atoms with Crippen molar-refractivity contribution in [2.75, 3.05) is 43.4 Å². The van der Waals surface area contributed by atoms with Crippen LogP contribution in [0.15, 0.2) is 33.9 Å². The van der Waals surface area contributed by atoms with Gasteiger partial charge >= 0.3 is 5.69 Å². The molecule has 5 rings (SSSR count). The van der Waals surface area contributed by atoms with Crippen LogP contribution in [0.1, 0.15) is 41.7 Å². The summed E-state index contributed by atoms with van der Waals surface area (Å²) in [6, 6.07) is 7.12. The molecule has 0 atom stereocenters. The molecule has 3 heterocycles. The zero-order chi connectivity index (χ0) is 24.0. The van der Waals surface area contributed by atoms with Gasteiger partial charge in [-0.15, -0.1) is 0 Å². The van der Waals surface area contributed by atoms with Crippen LogP contribution in [-0.4, -0.2) is 58.6 Å². The van der Waals surface area contributed by atoms with Crippen molar-refractivity contribution in [3.05, 3.63) is 61.4 Å². The maximum atomic E-state index is 13.4. The van der Waals surface area contributed by atoms with Crippen molar-refractivity contribution in [1.29, 1.82) is 0 Å². The van der Waals surface area contributed by atoms with Gasteiger partial charge in [0.1, 0.15) is 0 Å². The second kappa shape index (κ2) is 8.88. The number of nitrogens with one attached hydrogen (secondary N) is 2. The van der Waals surface area contributed by atoms with Crippen molar-refractivity contribution in [3.63, 3.8) is 0 Å². The largest absolute Gasteiger partial charge is 0.368 e. The van der Waals surface area contributed by atoms with E-state index in [1.54, 1.807) is 19.1 Å². The predicted molar refractivity (Wildman–Crippen MR) is 133 cm³/mol. The molecule has 1 saturated heterocycles. The van der Waals surface area contributed by atoms with E-state index >= 15 is 0 Å². The van der Waals surface area contributed by atoms with E-state index < -0.39 is 17.2 Å². The fraction of sp³-hybridized carbons (Fsp3) is 0.417. The van der Waals surface area contributed by atoms with Gasteiger partial charge in [0.25, 0.3) is 11.5 Å². The molecular weight excluding hydrogens is 456 g/mol. The molecule has 2 aromatic heterocycles. The monoisotopic (exact) mass is 482 g/mol. The number of hydrogen-bond acceptors (Lipinski definition) is 6. The molecular formula is C24H27ClN6O3. The van der Waals surface area contributed by atoms with Gasteiger partial charge in [-0.2, -0.15) is 0 Å². The predicted octanol–water partition coefficient (Wildman–Crippen LogP) is 2.64. The van der Waals surface area contributed by atoms with Gasteiger partial charge < -0.3 is 15.1 Å². The van der Waals surface area contributed by atoms with Gasteiger partial charge in [0.05, 0.1) is 21.7 Å². The van der Waals surface area contributed by atoms with Crippen LogP contribution < -0.4 is 21.5 Å². The van der Waals surface area contributed by atoms with Crippen molar-refractivity contribution in [3.8, 4) is 0 Å². The summed E-state index contributed by atoms with van der Waals surface area (Å²) in [5.41, 5.74) is 1.50. The van der Waals surface area contributed by atoms with Crippen LogP contribution in [0, 0.1) is 0 Å². The number of aryl methyl sites for hydroxylation is 1. The van der Waals surface area contributed by atoms with E-state index in [-0.39, 0.29) is 22.5 Å². The third-order valence-corrected chi connectivity index (χ3v) is 6.88. The summed E-state index contributed by atoms with van der Waals surface area (Å²) in [4.78, 5) is 49.8. The van der Waals surface area contributed by atoms with E-state index in [4.69, 9.17) is 11.6 Å². The minimum Gasteiger partial charge on any atom is -0.368 e. The molecule has 0 radical (unpaired) electrons. The lowest BCUT2D eigenvalue weighted by atomic mass is 10.1. The number of piperazine rings is 1. The standard InChI is InChI=1S/C24H27ClN6O3/c1-3-31-21-20(23(33)28-24(31)34)16(13-18(27-21)14-4-5-14)22(32)26-15-6-7-19(17(25)12-15)30-10-8-29(2)9-11-30/h6-7,12-14H,3-5,8-11H2,1-2H3,(H,26,32)(H,28,33,34). The number of anilines is 2. The molecule has 0 bridgehead atoms. The third-order valence-electron chi connectivity index (χ3n) is 6.57. The molecule has 1 aliphatic carbocycles. The van der Waals surface area contributed by atoms with Crippen molar-refractivity contribution < 1.29 is 4.79 Å². The summed E-state index contributed by atoms with van der Waals surface area (Å²) >= 11 is 6.57. The Labute approximate surface area is 201 Å². The highest BCUT2D eigenvalue weighted by atomic mass is 35.5. The van der Waals surface area contributed by atoms with Crippen LogP contribution >= 0.6 is 11.6 Å². The second-order valence-electron chi connectivity index (χ2n) is 8.98. The number of H-pyrrole nitrogens is 1. The van der Waals surface area contributed by atoms with Crippen molar-refractivity contribution in [2.45, 2.75) is 32.2 Å². The normalized spacial score (nSPS) is 16.7. The van der Waals surface area contributed by atoms with E-state index in [9.17, 15) is 14.4 Å². The number of halogens is 1. The molecule has 0 unspecified atom stereocenters. The number of amides is 1. The highest BCUT2D eigenvalue weighted by Crippen LogP contribution is 2.40. The van der Waals surface area contributed by atoms with E-state index in [2.05, 4.69) is 32.1 Å². The molecule has 10 heteroatoms. The number of aromatic nitrogens is 3. The van der Waals surface area contributed by atoms with E-state index in [1.807, 2.05) is 12.1 Å². The first-order valence-corrected chi connectivity index (χ1v) is 12.0. The Morgan fingerprint density at radius 2 is 1.91 bits per heavy atom. The first kappa shape index (κ1) is 22.6. The number of benzene rings is 1. The molecule has 1 aromatic carbocycles. The number of fused-ring (bicyclic) bond motifs is 1. The number of pyridine rings is 1. The van der Waals surface area contributed by atoms with Crippen LogP contribution in [0.4, 0.5) is 11.4 Å². The average molecular weight is 483 g/mol. The van der Waals surface area contributed by atoms with Crippen molar-refractivity contribution >= 4 is 39.9 Å². The van der Waals surface area contributed by atoms with Gasteiger partial charge in [-0.3, -0.25) is 19.1 Å². The molecule has 34 heavy (non-hydrogen) atoms. The van der Waals surface area contributed by atoms with Gasteiger partial charge in [-0.05, 0) is 51.1 Å². The maximum absolute atomic E-state index is 13.4. The lowest BCUT2D eigenvalue weighted by Crippen LogP contribution is -2.44. The van der Waals surface area contributed by atoms with E-state index in [1.165, 1.54) is 4.57 Å². The van der Waals surface area contributed by atoms with Crippen molar-refractivity contribution in [1.82, 2.24) is 19.4 Å². The number of aromatic amines is 1. The summed E-state index contributed by atoms with van der Waals surface area (Å²) < 4.78 is 1.39. The topological polar surface area (TPSA) is 103 Å². The molecule has 1 aliphatic heterocycles. The summed E-state index contributed by atoms with van der Waals surface area (Å²) in [5, 5.41) is 3.54. The Balaban J connectivity index is 1.50. The Bertz CT molecular complexity index is 1390. The Morgan fingerprint density at radius 3 is 2.56 bits per heavy atom. The number of carbonyl (C=O) groups is 1. The van der Waals surface area contributed by atoms with Crippen LogP contribution in [0.3, 0.4) is 0 Å². The first-order chi connectivity index (χ1) is 16.4. The fourth-order valence-corrected chi connectivity index (χ4v) is 4.74. The molecule has 1 saturated carbocycles. The summed E-state index contributed by atoms with van der Waals surface area (Å²) in [6.45, 7) is 5.83. The minimum atomic E-state index is -0.617. The van der Waals surface area contributed by atoms with Gasteiger partial charge in [0, 0.05) is 50.0 Å². The molecule has 2 N–H and O–H groups in total. The lowest BCUT2D eigenvalue weighted by Gasteiger charge is -2.34. The number of hydrogen-bond donors (Lipinski definition) is 2. The van der Waals surface area contributed by atoms with E-state index in [0.29, 0.717) is 17.3 Å². The van der Waals surface area contributed by atoms with E-state index in [0.717, 1.165) is 50.4 Å². The average Bonchev–Trinajstić information content (AvgIpc) is 3.65. The highest BCUT2D eigenvalue weighted by Gasteiger charge is 2.29. The zero-order valence-electron chi connectivity index (χ0n) is 19.2. The number of carbonyl (C=O) groups excluding carboxylic acids is 1. The summed E-state index contributed by atoms with van der Waals surface area (Å²) in [6.07, 6.45) is 1.95. The lowest BCUT2D eigenvalue weighted by molar-refractivity contribution is 0.102. The molecule has 3 aromatic rings. The van der Waals surface area contributed by atoms with Crippen LogP contribution in [0.2, 0.25) is 5.02 Å². The SMILES string of the molecule is CCn1c(=O)[nH]c(=O)c2c(C(=O)Nc3ccc(N4CCN(C)CC4)c(Cl)c3)cc(C3CC3)nc21. The smallest absolute Gasteiger partial charge is 0.329 e. The van der Waals surface area contributed by atoms with Gasteiger partial charge in [-0.25, -0.2) is 9.78 Å². The van der Waals surface area contributed by atoms with Crippen molar-refractivity contribution in [2.24, 2.45) is 0 Å². The number of likely N-dealkylation sites (N-methyl/N-ethyl adjacent to an activating group) is 1. The maximum Gasteiger partial charge on any atom is 0.329 e. The summed E-state index contributed by atoms with van der Waals surface area (Å²) in [7, 11) is 2.10. The number of nitrogens with zero attached hydrogens (tertiary/aromatic N) is 4. The Hall–Kier alpha value is -3.17. The Morgan fingerprint density at radius 1 is 1.18 bits per heavy atom. The number of rotatable bonds is 5. The molecule has 1 amide bonds. The van der Waals surface area contributed by atoms with Gasteiger partial charge in [0.15, 0.2) is 5.65 Å². The fourth-order valence-electron chi connectivity index (χ4n) is 4.44. The quantitative estimate of drug-likeness (QED) is 0.579. The molecule has 9 nitrogen and oxygen atoms in total. The zero-order valence-corrected chi connectivity index (χ0v) is 20.0. The molecule has 178 valence electrons. The van der Waals surface area contributed by atoms with Crippen LogP contribution in [-0.2, 0) is 6.54 Å². The summed E-state index contributed by atoms with van der Waals surface area (Å²) in [5.74, 6) is -0.197. The van der Waals surface area contributed by atoms with Gasteiger partial charge in [-0.1, -0.05) is 11.6 Å². The molecule has 2 fully saturated rings. The van der Waals surface area contributed by atoms with Gasteiger partial charge in [0.2, 0.25) is 0 Å².